The van der Waals surface area contributed by atoms with Gasteiger partial charge in [-0.1, -0.05) is 0 Å². The second-order valence-corrected chi connectivity index (χ2v) is 1.79. The molecule has 0 radical (unpaired) electrons. The molecule has 3 heteroatoms. The molecule has 8 heavy (non-hydrogen) atoms. The molecule has 1 heterocycles. The van der Waals surface area contributed by atoms with Crippen LogP contribution in [0, 0.1) is 11.3 Å². The van der Waals surface area contributed by atoms with Gasteiger partial charge in [-0.05, 0) is 0 Å². The van der Waals surface area contributed by atoms with Gasteiger partial charge in [0, 0.05) is 20.0 Å². The number of rotatable bonds is 0. The van der Waals surface area contributed by atoms with Crippen LogP contribution in [0.3, 0.4) is 0 Å². The highest BCUT2D eigenvalue weighted by molar-refractivity contribution is 5.99. The lowest BCUT2D eigenvalue weighted by Crippen LogP contribution is -2.04. The summed E-state index contributed by atoms with van der Waals surface area (Å²) in [5.74, 6) is 0. The lowest BCUT2D eigenvalue weighted by molar-refractivity contribution is 0.393. The van der Waals surface area contributed by atoms with Crippen LogP contribution in [0.25, 0.3) is 0 Å². The zero-order valence-corrected chi connectivity index (χ0v) is 4.76. The minimum atomic E-state index is 0.646. The van der Waals surface area contributed by atoms with Gasteiger partial charge < -0.3 is 0 Å². The van der Waals surface area contributed by atoms with Crippen LogP contribution >= 0.6 is 0 Å². The predicted octanol–water partition coefficient (Wildman–Crippen LogP) is 0.201. The Kier molecular flexibility index (Phi) is 1.17. The molecule has 1 aliphatic rings. The Hall–Kier alpha value is -1.04. The average molecular weight is 109 g/mol. The molecule has 0 amide bonds. The van der Waals surface area contributed by atoms with Gasteiger partial charge in [0.05, 0.1) is 0 Å². The summed E-state index contributed by atoms with van der Waals surface area (Å²) < 4.78 is 0. The minimum Gasteiger partial charge on any atom is -0.299 e. The number of hydrogen-bond donors (Lipinski definition) is 0. The van der Waals surface area contributed by atoms with Crippen molar-refractivity contribution in [3.05, 3.63) is 0 Å². The highest BCUT2D eigenvalue weighted by atomic mass is 15.4. The van der Waals surface area contributed by atoms with Crippen molar-refractivity contribution >= 4 is 5.71 Å². The van der Waals surface area contributed by atoms with Crippen molar-refractivity contribution in [2.45, 2.75) is 6.42 Å². The summed E-state index contributed by atoms with van der Waals surface area (Å²) in [4.78, 5) is 0. The van der Waals surface area contributed by atoms with Crippen LogP contribution in [0.2, 0.25) is 0 Å². The van der Waals surface area contributed by atoms with E-state index >= 15 is 0 Å². The second kappa shape index (κ2) is 1.83. The molecule has 0 fully saturated rings. The lowest BCUT2D eigenvalue weighted by Gasteiger charge is -2.00. The van der Waals surface area contributed by atoms with Crippen molar-refractivity contribution < 1.29 is 0 Å². The van der Waals surface area contributed by atoms with Gasteiger partial charge in [0.25, 0.3) is 0 Å². The molecule has 0 unspecified atom stereocenters. The third-order valence-corrected chi connectivity index (χ3v) is 1.09. The van der Waals surface area contributed by atoms with Gasteiger partial charge in [0.1, 0.15) is 11.8 Å². The van der Waals surface area contributed by atoms with Gasteiger partial charge in [0.15, 0.2) is 0 Å². The fourth-order valence-corrected chi connectivity index (χ4v) is 0.652. The average Bonchev–Trinajstić information content (AvgIpc) is 2.14. The zero-order chi connectivity index (χ0) is 5.98. The van der Waals surface area contributed by atoms with E-state index in [0.29, 0.717) is 5.71 Å². The fourth-order valence-electron chi connectivity index (χ4n) is 0.652. The predicted molar refractivity (Wildman–Crippen MR) is 30.3 cm³/mol. The molecule has 3 nitrogen and oxygen atoms in total. The van der Waals surface area contributed by atoms with Crippen LogP contribution in [0.5, 0.6) is 0 Å². The quantitative estimate of drug-likeness (QED) is 0.445. The Morgan fingerprint density at radius 2 is 2.62 bits per heavy atom. The van der Waals surface area contributed by atoms with Gasteiger partial charge in [-0.2, -0.15) is 10.4 Å². The van der Waals surface area contributed by atoms with Gasteiger partial charge >= 0.3 is 0 Å². The number of nitriles is 1. The van der Waals surface area contributed by atoms with E-state index in [-0.39, 0.29) is 0 Å². The van der Waals surface area contributed by atoms with Crippen molar-refractivity contribution in [2.24, 2.45) is 5.10 Å². The first-order chi connectivity index (χ1) is 3.83. The summed E-state index contributed by atoms with van der Waals surface area (Å²) in [6.07, 6.45) is 0.812. The molecule has 0 aliphatic carbocycles. The molecule has 0 aromatic carbocycles. The van der Waals surface area contributed by atoms with E-state index in [4.69, 9.17) is 5.26 Å². The molecule has 0 bridgehead atoms. The van der Waals surface area contributed by atoms with Crippen LogP contribution in [0.15, 0.2) is 5.10 Å². The summed E-state index contributed by atoms with van der Waals surface area (Å²) in [5, 5.41) is 13.9. The topological polar surface area (TPSA) is 39.4 Å². The summed E-state index contributed by atoms with van der Waals surface area (Å²) in [6.45, 7) is 0.892. The fraction of sp³-hybridized carbons (Fsp3) is 0.600. The maximum absolute atomic E-state index is 8.28. The van der Waals surface area contributed by atoms with Crippen molar-refractivity contribution in [3.8, 4) is 6.07 Å². The van der Waals surface area contributed by atoms with E-state index in [1.807, 2.05) is 13.1 Å². The summed E-state index contributed by atoms with van der Waals surface area (Å²) in [6, 6.07) is 2.00. The third kappa shape index (κ3) is 0.784. The van der Waals surface area contributed by atoms with Crippen LogP contribution in [0.4, 0.5) is 0 Å². The Balaban J connectivity index is 2.61. The molecular weight excluding hydrogens is 102 g/mol. The Bertz CT molecular complexity index is 154. The second-order valence-electron chi connectivity index (χ2n) is 1.79. The standard InChI is InChI=1S/C5H7N3/c1-8-3-2-5(4-6)7-8/h2-3H2,1H3. The molecule has 42 valence electrons. The van der Waals surface area contributed by atoms with Gasteiger partial charge in [0.2, 0.25) is 0 Å². The van der Waals surface area contributed by atoms with Crippen molar-refractivity contribution in [1.29, 1.82) is 5.26 Å². The molecule has 1 rings (SSSR count). The molecule has 0 aromatic heterocycles. The van der Waals surface area contributed by atoms with Crippen molar-refractivity contribution in [1.82, 2.24) is 5.01 Å². The molecule has 1 aliphatic heterocycles. The van der Waals surface area contributed by atoms with E-state index in [1.54, 1.807) is 5.01 Å². The maximum Gasteiger partial charge on any atom is 0.139 e. The van der Waals surface area contributed by atoms with Crippen LogP contribution < -0.4 is 0 Å². The number of nitrogens with zero attached hydrogens (tertiary/aromatic N) is 3. The molecule has 0 saturated heterocycles. The first-order valence-corrected chi connectivity index (χ1v) is 2.51. The maximum atomic E-state index is 8.28. The van der Waals surface area contributed by atoms with Gasteiger partial charge in [-0.15, -0.1) is 0 Å². The molecule has 0 spiro atoms. The molecule has 0 atom stereocenters. The van der Waals surface area contributed by atoms with Gasteiger partial charge in [-0.3, -0.25) is 5.01 Å². The number of hydrogen-bond acceptors (Lipinski definition) is 3. The van der Waals surface area contributed by atoms with Crippen LogP contribution in [0.1, 0.15) is 6.42 Å². The lowest BCUT2D eigenvalue weighted by atomic mass is 10.3. The van der Waals surface area contributed by atoms with Crippen molar-refractivity contribution in [3.63, 3.8) is 0 Å². The summed E-state index contributed by atoms with van der Waals surface area (Å²) in [5.41, 5.74) is 0.646. The van der Waals surface area contributed by atoms with E-state index in [2.05, 4.69) is 5.10 Å². The Morgan fingerprint density at radius 3 is 2.88 bits per heavy atom. The normalized spacial score (nSPS) is 18.0. The van der Waals surface area contributed by atoms with Gasteiger partial charge in [-0.25, -0.2) is 0 Å². The largest absolute Gasteiger partial charge is 0.299 e. The third-order valence-electron chi connectivity index (χ3n) is 1.09. The van der Waals surface area contributed by atoms with Crippen LogP contribution in [-0.4, -0.2) is 24.3 Å². The minimum absolute atomic E-state index is 0.646. The van der Waals surface area contributed by atoms with Crippen molar-refractivity contribution in [2.75, 3.05) is 13.6 Å². The first kappa shape index (κ1) is 5.10. The monoisotopic (exact) mass is 109 g/mol. The molecule has 0 saturated carbocycles. The number of hydrazone groups is 1. The summed E-state index contributed by atoms with van der Waals surface area (Å²) in [7, 11) is 1.87. The smallest absolute Gasteiger partial charge is 0.139 e. The highest BCUT2D eigenvalue weighted by Gasteiger charge is 2.07. The zero-order valence-electron chi connectivity index (χ0n) is 4.76. The SMILES string of the molecule is CN1CCC(C#N)=N1. The Morgan fingerprint density at radius 1 is 1.88 bits per heavy atom. The molecule has 0 aromatic rings. The molecular formula is C5H7N3. The van der Waals surface area contributed by atoms with E-state index in [0.717, 1.165) is 13.0 Å². The highest BCUT2D eigenvalue weighted by Crippen LogP contribution is 2.00. The molecule has 0 N–H and O–H groups in total. The summed E-state index contributed by atoms with van der Waals surface area (Å²) >= 11 is 0. The van der Waals surface area contributed by atoms with E-state index in [1.165, 1.54) is 0 Å². The first-order valence-electron chi connectivity index (χ1n) is 2.51. The Labute approximate surface area is 48.2 Å². The van der Waals surface area contributed by atoms with E-state index < -0.39 is 0 Å². The van der Waals surface area contributed by atoms with Crippen LogP contribution in [-0.2, 0) is 0 Å². The van der Waals surface area contributed by atoms with E-state index in [9.17, 15) is 0 Å².